The van der Waals surface area contributed by atoms with E-state index in [2.05, 4.69) is 20.5 Å². The molecule has 0 fully saturated rings. The van der Waals surface area contributed by atoms with Gasteiger partial charge in [0, 0.05) is 11.8 Å². The van der Waals surface area contributed by atoms with E-state index < -0.39 is 29.0 Å². The van der Waals surface area contributed by atoms with Gasteiger partial charge in [0.25, 0.3) is 0 Å². The lowest BCUT2D eigenvalue weighted by Gasteiger charge is -2.10. The minimum Gasteiger partial charge on any atom is -0.394 e. The Hall–Kier alpha value is -4.02. The normalized spacial score (nSPS) is 11.0. The molecule has 0 spiro atoms. The largest absolute Gasteiger partial charge is 0.394 e. The van der Waals surface area contributed by atoms with Gasteiger partial charge in [0.2, 0.25) is 0 Å². The SMILES string of the molecule is Nc1ncc(-c2cc(F)c(N)c(F)c2)cc1-c1nnnn1-c1cccc(F)c1F. The molecule has 0 amide bonds. The number of nitrogens with zero attached hydrogens (tertiary/aromatic N) is 5. The van der Waals surface area contributed by atoms with E-state index in [0.29, 0.717) is 0 Å². The zero-order valence-electron chi connectivity index (χ0n) is 14.4. The minimum atomic E-state index is -1.16. The zero-order valence-corrected chi connectivity index (χ0v) is 14.4. The second kappa shape index (κ2) is 6.86. The molecule has 0 radical (unpaired) electrons. The minimum absolute atomic E-state index is 0.0296. The van der Waals surface area contributed by atoms with Crippen molar-refractivity contribution in [2.75, 3.05) is 11.5 Å². The van der Waals surface area contributed by atoms with Crippen LogP contribution in [0.5, 0.6) is 0 Å². The molecule has 4 N–H and O–H groups in total. The van der Waals surface area contributed by atoms with Crippen molar-refractivity contribution in [1.82, 2.24) is 25.2 Å². The molecule has 0 atom stereocenters. The van der Waals surface area contributed by atoms with Crippen molar-refractivity contribution in [1.29, 1.82) is 0 Å². The summed E-state index contributed by atoms with van der Waals surface area (Å²) in [5.74, 6) is -4.20. The quantitative estimate of drug-likeness (QED) is 0.403. The molecule has 29 heavy (non-hydrogen) atoms. The van der Waals surface area contributed by atoms with Crippen LogP contribution in [0.15, 0.2) is 42.6 Å². The summed E-state index contributed by atoms with van der Waals surface area (Å²) in [6.07, 6.45) is 1.29. The monoisotopic (exact) mass is 401 g/mol. The summed E-state index contributed by atoms with van der Waals surface area (Å²) >= 11 is 0. The topological polar surface area (TPSA) is 109 Å². The van der Waals surface area contributed by atoms with Gasteiger partial charge in [-0.15, -0.1) is 5.10 Å². The maximum absolute atomic E-state index is 14.2. The molecule has 2 aromatic carbocycles. The molecule has 7 nitrogen and oxygen atoms in total. The van der Waals surface area contributed by atoms with Gasteiger partial charge < -0.3 is 11.5 Å². The van der Waals surface area contributed by atoms with Crippen LogP contribution in [0.1, 0.15) is 0 Å². The molecular formula is C18H11F4N7. The van der Waals surface area contributed by atoms with E-state index in [1.165, 1.54) is 24.4 Å². The highest BCUT2D eigenvalue weighted by molar-refractivity contribution is 5.77. The molecule has 0 saturated heterocycles. The molecule has 11 heteroatoms. The van der Waals surface area contributed by atoms with Gasteiger partial charge in [-0.3, -0.25) is 0 Å². The number of nitrogens with two attached hydrogens (primary N) is 2. The highest BCUT2D eigenvalue weighted by Gasteiger charge is 2.20. The van der Waals surface area contributed by atoms with Crippen LogP contribution in [-0.2, 0) is 0 Å². The van der Waals surface area contributed by atoms with Gasteiger partial charge in [-0.05, 0) is 46.3 Å². The summed E-state index contributed by atoms with van der Waals surface area (Å²) < 4.78 is 56.4. The maximum Gasteiger partial charge on any atom is 0.190 e. The third-order valence-electron chi connectivity index (χ3n) is 4.20. The first-order valence-electron chi connectivity index (χ1n) is 8.10. The second-order valence-electron chi connectivity index (χ2n) is 6.00. The summed E-state index contributed by atoms with van der Waals surface area (Å²) in [5.41, 5.74) is 10.9. The number of hydrogen-bond acceptors (Lipinski definition) is 6. The Labute approximate surface area is 160 Å². The third-order valence-corrected chi connectivity index (χ3v) is 4.20. The van der Waals surface area contributed by atoms with Crippen molar-refractivity contribution in [3.63, 3.8) is 0 Å². The molecule has 146 valence electrons. The summed E-state index contributed by atoms with van der Waals surface area (Å²) in [6, 6.07) is 7.00. The van der Waals surface area contributed by atoms with Crippen LogP contribution >= 0.6 is 0 Å². The number of anilines is 2. The van der Waals surface area contributed by atoms with Gasteiger partial charge in [-0.25, -0.2) is 22.5 Å². The second-order valence-corrected chi connectivity index (χ2v) is 6.00. The Bertz CT molecular complexity index is 1220. The van der Waals surface area contributed by atoms with E-state index in [1.807, 2.05) is 0 Å². The highest BCUT2D eigenvalue weighted by atomic mass is 19.2. The van der Waals surface area contributed by atoms with Crippen LogP contribution in [0.3, 0.4) is 0 Å². The van der Waals surface area contributed by atoms with Crippen molar-refractivity contribution in [2.45, 2.75) is 0 Å². The number of tetrazole rings is 1. The van der Waals surface area contributed by atoms with E-state index in [0.717, 1.165) is 22.9 Å². The van der Waals surface area contributed by atoms with Crippen LogP contribution < -0.4 is 11.5 Å². The number of nitrogen functional groups attached to an aromatic ring is 2. The van der Waals surface area contributed by atoms with Crippen molar-refractivity contribution < 1.29 is 17.6 Å². The van der Waals surface area contributed by atoms with Crippen molar-refractivity contribution in [3.05, 3.63) is 65.9 Å². The van der Waals surface area contributed by atoms with Gasteiger partial charge in [-0.2, -0.15) is 4.68 Å². The molecule has 0 bridgehead atoms. The average Bonchev–Trinajstić information content (AvgIpc) is 3.17. The Balaban J connectivity index is 1.87. The lowest BCUT2D eigenvalue weighted by Crippen LogP contribution is -2.06. The van der Waals surface area contributed by atoms with Crippen LogP contribution in [0.2, 0.25) is 0 Å². The van der Waals surface area contributed by atoms with E-state index in [1.54, 1.807) is 0 Å². The van der Waals surface area contributed by atoms with Crippen molar-refractivity contribution in [2.24, 2.45) is 0 Å². The van der Waals surface area contributed by atoms with Gasteiger partial charge >= 0.3 is 0 Å². The summed E-state index contributed by atoms with van der Waals surface area (Å²) in [6.45, 7) is 0. The summed E-state index contributed by atoms with van der Waals surface area (Å²) in [7, 11) is 0. The first kappa shape index (κ1) is 18.3. The predicted octanol–water partition coefficient (Wildman–Crippen LogP) is 3.11. The molecule has 0 saturated carbocycles. The Morgan fingerprint density at radius 1 is 0.862 bits per heavy atom. The number of aromatic nitrogens is 5. The Morgan fingerprint density at radius 2 is 1.59 bits per heavy atom. The molecule has 0 aliphatic heterocycles. The van der Waals surface area contributed by atoms with Crippen LogP contribution in [0, 0.1) is 23.3 Å². The lowest BCUT2D eigenvalue weighted by atomic mass is 10.0. The van der Waals surface area contributed by atoms with Crippen LogP contribution in [0.25, 0.3) is 28.2 Å². The molecule has 4 rings (SSSR count). The number of benzene rings is 2. The number of rotatable bonds is 3. The zero-order chi connectivity index (χ0) is 20.7. The molecule has 2 aromatic heterocycles. The molecular weight excluding hydrogens is 390 g/mol. The average molecular weight is 401 g/mol. The highest BCUT2D eigenvalue weighted by Crippen LogP contribution is 2.31. The Morgan fingerprint density at radius 3 is 2.31 bits per heavy atom. The number of pyridine rings is 1. The molecule has 2 heterocycles. The fourth-order valence-corrected chi connectivity index (χ4v) is 2.74. The smallest absolute Gasteiger partial charge is 0.190 e. The summed E-state index contributed by atoms with van der Waals surface area (Å²) in [4.78, 5) is 3.99. The fraction of sp³-hybridized carbons (Fsp3) is 0. The van der Waals surface area contributed by atoms with Gasteiger partial charge in [-0.1, -0.05) is 6.07 Å². The summed E-state index contributed by atoms with van der Waals surface area (Å²) in [5, 5.41) is 11.0. The molecule has 0 unspecified atom stereocenters. The fourth-order valence-electron chi connectivity index (χ4n) is 2.74. The first-order valence-corrected chi connectivity index (χ1v) is 8.10. The van der Waals surface area contributed by atoms with Gasteiger partial charge in [0.15, 0.2) is 17.5 Å². The predicted molar refractivity (Wildman–Crippen MR) is 96.5 cm³/mol. The van der Waals surface area contributed by atoms with Gasteiger partial charge in [0.1, 0.15) is 28.8 Å². The van der Waals surface area contributed by atoms with Crippen LogP contribution in [-0.4, -0.2) is 25.2 Å². The molecule has 4 aromatic rings. The van der Waals surface area contributed by atoms with E-state index in [-0.39, 0.29) is 34.0 Å². The number of halogens is 4. The number of hydrogen-bond donors (Lipinski definition) is 2. The van der Waals surface area contributed by atoms with Crippen molar-refractivity contribution in [3.8, 4) is 28.2 Å². The first-order chi connectivity index (χ1) is 13.9. The van der Waals surface area contributed by atoms with Crippen LogP contribution in [0.4, 0.5) is 29.1 Å². The Kier molecular flexibility index (Phi) is 4.34. The van der Waals surface area contributed by atoms with E-state index >= 15 is 0 Å². The lowest BCUT2D eigenvalue weighted by molar-refractivity contribution is 0.501. The standard InChI is InChI=1S/C18H11F4N7/c19-11-2-1-3-14(15(11)22)29-18(26-27-28-29)10-4-9(7-25-17(10)24)8-5-12(20)16(23)13(21)6-8/h1-7H,23H2,(H2,24,25). The van der Waals surface area contributed by atoms with Gasteiger partial charge in [0.05, 0.1) is 5.56 Å². The van der Waals surface area contributed by atoms with Crippen molar-refractivity contribution >= 4 is 11.5 Å². The van der Waals surface area contributed by atoms with E-state index in [4.69, 9.17) is 11.5 Å². The van der Waals surface area contributed by atoms with E-state index in [9.17, 15) is 17.6 Å². The third kappa shape index (κ3) is 3.12. The molecule has 0 aliphatic rings. The molecule has 0 aliphatic carbocycles. The maximum atomic E-state index is 14.2.